The highest BCUT2D eigenvalue weighted by molar-refractivity contribution is 5.99. The molecule has 0 saturated carbocycles. The molecule has 4 N–H and O–H groups in total. The number of hydrogen-bond acceptors (Lipinski definition) is 5. The standard InChI is InChI=1S/C15H23N3O3/c1-20-14-8-12(2-3-13(14)15(16)18-19)9-17-6-4-11-5-7-21-10-11/h2-3,8,11,17,19H,4-7,9-10H2,1H3,(H2,16,18). The first-order valence-electron chi connectivity index (χ1n) is 7.18. The fourth-order valence-electron chi connectivity index (χ4n) is 2.46. The number of nitrogens with zero attached hydrogens (tertiary/aromatic N) is 1. The van der Waals surface area contributed by atoms with Crippen molar-refractivity contribution >= 4 is 5.84 Å². The molecule has 1 fully saturated rings. The van der Waals surface area contributed by atoms with Crippen molar-refractivity contribution in [3.8, 4) is 5.75 Å². The summed E-state index contributed by atoms with van der Waals surface area (Å²) in [5, 5.41) is 15.2. The number of rotatable bonds is 7. The summed E-state index contributed by atoms with van der Waals surface area (Å²) in [7, 11) is 1.57. The minimum Gasteiger partial charge on any atom is -0.496 e. The smallest absolute Gasteiger partial charge is 0.173 e. The molecule has 1 aromatic rings. The predicted molar refractivity (Wildman–Crippen MR) is 80.8 cm³/mol. The molecule has 1 aliphatic rings. The molecule has 6 heteroatoms. The Morgan fingerprint density at radius 2 is 2.43 bits per heavy atom. The largest absolute Gasteiger partial charge is 0.496 e. The second-order valence-electron chi connectivity index (χ2n) is 5.21. The van der Waals surface area contributed by atoms with E-state index in [1.165, 1.54) is 6.42 Å². The van der Waals surface area contributed by atoms with Gasteiger partial charge in [0.1, 0.15) is 5.75 Å². The van der Waals surface area contributed by atoms with Crippen LogP contribution in [0.1, 0.15) is 24.0 Å². The highest BCUT2D eigenvalue weighted by atomic mass is 16.5. The average Bonchev–Trinajstić information content (AvgIpc) is 3.04. The molecule has 6 nitrogen and oxygen atoms in total. The molecule has 116 valence electrons. The molecule has 21 heavy (non-hydrogen) atoms. The van der Waals surface area contributed by atoms with E-state index in [0.717, 1.165) is 38.3 Å². The van der Waals surface area contributed by atoms with E-state index in [0.29, 0.717) is 17.2 Å². The van der Waals surface area contributed by atoms with E-state index in [-0.39, 0.29) is 5.84 Å². The Labute approximate surface area is 124 Å². The van der Waals surface area contributed by atoms with Gasteiger partial charge >= 0.3 is 0 Å². The lowest BCUT2D eigenvalue weighted by atomic mass is 10.1. The van der Waals surface area contributed by atoms with Crippen LogP contribution >= 0.6 is 0 Å². The minimum atomic E-state index is 0.0487. The fraction of sp³-hybridized carbons (Fsp3) is 0.533. The van der Waals surface area contributed by atoms with Crippen molar-refractivity contribution in [1.29, 1.82) is 0 Å². The Balaban J connectivity index is 1.85. The van der Waals surface area contributed by atoms with Crippen molar-refractivity contribution in [2.75, 3.05) is 26.9 Å². The molecule has 0 aromatic heterocycles. The molecule has 0 amide bonds. The van der Waals surface area contributed by atoms with Crippen LogP contribution in [0.3, 0.4) is 0 Å². The van der Waals surface area contributed by atoms with Crippen LogP contribution in [0, 0.1) is 5.92 Å². The zero-order valence-electron chi connectivity index (χ0n) is 12.3. The molecule has 1 atom stereocenters. The molecule has 0 bridgehead atoms. The van der Waals surface area contributed by atoms with Crippen LogP contribution in [0.2, 0.25) is 0 Å². The molecule has 1 saturated heterocycles. The van der Waals surface area contributed by atoms with Crippen molar-refractivity contribution in [2.45, 2.75) is 19.4 Å². The zero-order chi connectivity index (χ0) is 15.1. The molecular weight excluding hydrogens is 270 g/mol. The molecular formula is C15H23N3O3. The highest BCUT2D eigenvalue weighted by Crippen LogP contribution is 2.20. The van der Waals surface area contributed by atoms with Crippen molar-refractivity contribution in [2.24, 2.45) is 16.8 Å². The normalized spacial score (nSPS) is 18.9. The van der Waals surface area contributed by atoms with Crippen molar-refractivity contribution < 1.29 is 14.7 Å². The molecule has 1 unspecified atom stereocenters. The lowest BCUT2D eigenvalue weighted by molar-refractivity contribution is 0.184. The minimum absolute atomic E-state index is 0.0487. The van der Waals surface area contributed by atoms with Crippen molar-refractivity contribution in [3.63, 3.8) is 0 Å². The van der Waals surface area contributed by atoms with Crippen molar-refractivity contribution in [3.05, 3.63) is 29.3 Å². The van der Waals surface area contributed by atoms with Crippen LogP contribution < -0.4 is 15.8 Å². The third-order valence-corrected chi connectivity index (χ3v) is 3.73. The van der Waals surface area contributed by atoms with Crippen LogP contribution in [0.5, 0.6) is 5.75 Å². The predicted octanol–water partition coefficient (Wildman–Crippen LogP) is 1.31. The van der Waals surface area contributed by atoms with Gasteiger partial charge in [-0.2, -0.15) is 0 Å². The van der Waals surface area contributed by atoms with Crippen LogP contribution in [0.15, 0.2) is 23.4 Å². The number of nitrogens with two attached hydrogens (primary N) is 1. The first kappa shape index (κ1) is 15.6. The van der Waals surface area contributed by atoms with Crippen LogP contribution in [-0.4, -0.2) is 37.9 Å². The van der Waals surface area contributed by atoms with Gasteiger partial charge in [0.05, 0.1) is 12.7 Å². The third-order valence-electron chi connectivity index (χ3n) is 3.73. The quantitative estimate of drug-likeness (QED) is 0.232. The number of ether oxygens (including phenoxy) is 2. The number of benzene rings is 1. The molecule has 1 heterocycles. The SMILES string of the molecule is COc1cc(CNCCC2CCOC2)ccc1/C(N)=N/O. The Bertz CT molecular complexity index is 485. The van der Waals surface area contributed by atoms with Gasteiger partial charge in [-0.05, 0) is 43.0 Å². The fourth-order valence-corrected chi connectivity index (χ4v) is 2.46. The van der Waals surface area contributed by atoms with Gasteiger partial charge in [0.15, 0.2) is 5.84 Å². The molecule has 2 rings (SSSR count). The van der Waals surface area contributed by atoms with E-state index < -0.39 is 0 Å². The topological polar surface area (TPSA) is 89.1 Å². The van der Waals surface area contributed by atoms with Crippen LogP contribution in [-0.2, 0) is 11.3 Å². The molecule has 0 radical (unpaired) electrons. The molecule has 0 spiro atoms. The van der Waals surface area contributed by atoms with E-state index in [1.807, 2.05) is 12.1 Å². The van der Waals surface area contributed by atoms with E-state index in [9.17, 15) is 0 Å². The van der Waals surface area contributed by atoms with Gasteiger partial charge < -0.3 is 25.7 Å². The Hall–Kier alpha value is -1.79. The summed E-state index contributed by atoms with van der Waals surface area (Å²) in [4.78, 5) is 0. The van der Waals surface area contributed by atoms with E-state index in [2.05, 4.69) is 10.5 Å². The number of methoxy groups -OCH3 is 1. The molecule has 1 aromatic carbocycles. The lowest BCUT2D eigenvalue weighted by Crippen LogP contribution is -2.19. The maximum Gasteiger partial charge on any atom is 0.173 e. The van der Waals surface area contributed by atoms with Gasteiger partial charge in [-0.15, -0.1) is 0 Å². The molecule has 1 aliphatic heterocycles. The number of amidine groups is 1. The summed E-state index contributed by atoms with van der Waals surface area (Å²) in [6, 6.07) is 5.65. The summed E-state index contributed by atoms with van der Waals surface area (Å²) < 4.78 is 10.6. The lowest BCUT2D eigenvalue weighted by Gasteiger charge is -2.11. The summed E-state index contributed by atoms with van der Waals surface area (Å²) in [5.74, 6) is 1.34. The second-order valence-corrected chi connectivity index (χ2v) is 5.21. The van der Waals surface area contributed by atoms with Crippen molar-refractivity contribution in [1.82, 2.24) is 5.32 Å². The maximum absolute atomic E-state index is 8.74. The van der Waals surface area contributed by atoms with E-state index in [4.69, 9.17) is 20.4 Å². The Kier molecular flexibility index (Phi) is 5.83. The van der Waals surface area contributed by atoms with Crippen LogP contribution in [0.4, 0.5) is 0 Å². The van der Waals surface area contributed by atoms with Gasteiger partial charge in [0.25, 0.3) is 0 Å². The first-order valence-corrected chi connectivity index (χ1v) is 7.18. The third kappa shape index (κ3) is 4.34. The monoisotopic (exact) mass is 293 g/mol. The Morgan fingerprint density at radius 3 is 3.10 bits per heavy atom. The van der Waals surface area contributed by atoms with E-state index >= 15 is 0 Å². The summed E-state index contributed by atoms with van der Waals surface area (Å²) >= 11 is 0. The number of oxime groups is 1. The Morgan fingerprint density at radius 1 is 1.57 bits per heavy atom. The van der Waals surface area contributed by atoms with Gasteiger partial charge in [-0.1, -0.05) is 11.2 Å². The maximum atomic E-state index is 8.74. The number of nitrogens with one attached hydrogen (secondary N) is 1. The summed E-state index contributed by atoms with van der Waals surface area (Å²) in [6.45, 7) is 3.53. The summed E-state index contributed by atoms with van der Waals surface area (Å²) in [5.41, 5.74) is 7.30. The average molecular weight is 293 g/mol. The zero-order valence-corrected chi connectivity index (χ0v) is 12.3. The van der Waals surface area contributed by atoms with E-state index in [1.54, 1.807) is 13.2 Å². The van der Waals surface area contributed by atoms with Gasteiger partial charge in [-0.25, -0.2) is 0 Å². The summed E-state index contributed by atoms with van der Waals surface area (Å²) in [6.07, 6.45) is 2.31. The first-order chi connectivity index (χ1) is 10.2. The van der Waals surface area contributed by atoms with Gasteiger partial charge in [0, 0.05) is 19.8 Å². The second kappa shape index (κ2) is 7.85. The number of hydrogen-bond donors (Lipinski definition) is 3. The van der Waals surface area contributed by atoms with Crippen LogP contribution in [0.25, 0.3) is 0 Å². The van der Waals surface area contributed by atoms with Gasteiger partial charge in [0.2, 0.25) is 0 Å². The molecule has 0 aliphatic carbocycles. The highest BCUT2D eigenvalue weighted by Gasteiger charge is 2.14. The van der Waals surface area contributed by atoms with Gasteiger partial charge in [-0.3, -0.25) is 0 Å².